The molecule has 0 unspecified atom stereocenters. The topological polar surface area (TPSA) is 108 Å². The summed E-state index contributed by atoms with van der Waals surface area (Å²) in [7, 11) is 0. The van der Waals surface area contributed by atoms with Crippen LogP contribution in [0.1, 0.15) is 11.1 Å². The highest BCUT2D eigenvalue weighted by Gasteiger charge is 2.15. The monoisotopic (exact) mass is 456 g/mol. The lowest BCUT2D eigenvalue weighted by Crippen LogP contribution is -2.00. The van der Waals surface area contributed by atoms with Crippen molar-refractivity contribution in [3.63, 3.8) is 0 Å². The van der Waals surface area contributed by atoms with Gasteiger partial charge in [-0.25, -0.2) is 33.1 Å². The summed E-state index contributed by atoms with van der Waals surface area (Å²) in [5.41, 5.74) is 2.68. The Morgan fingerprint density at radius 3 is 2.28 bits per heavy atom. The van der Waals surface area contributed by atoms with Crippen molar-refractivity contribution >= 4 is 51.4 Å². The molecule has 0 saturated heterocycles. The summed E-state index contributed by atoms with van der Waals surface area (Å²) in [6.45, 7) is 0.483. The zero-order valence-electron chi connectivity index (χ0n) is 16.0. The zero-order valence-corrected chi connectivity index (χ0v) is 16.8. The molecule has 32 heavy (non-hydrogen) atoms. The number of anilines is 2. The first kappa shape index (κ1) is 19.9. The van der Waals surface area contributed by atoms with E-state index in [2.05, 4.69) is 40.2 Å². The van der Waals surface area contributed by atoms with Gasteiger partial charge in [0.2, 0.25) is 0 Å². The molecule has 4 aromatic heterocycles. The summed E-state index contributed by atoms with van der Waals surface area (Å²) in [5, 5.41) is 3.40. The molecule has 160 valence electrons. The smallest absolute Gasteiger partial charge is 0.153 e. The minimum atomic E-state index is -0.490. The van der Waals surface area contributed by atoms with E-state index in [-0.39, 0.29) is 27.4 Å². The molecule has 0 amide bonds. The molecule has 1 aliphatic rings. The van der Waals surface area contributed by atoms with Crippen molar-refractivity contribution < 1.29 is 13.2 Å². The maximum absolute atomic E-state index is 14.1. The van der Waals surface area contributed by atoms with Crippen LogP contribution in [0, 0.1) is 17.5 Å². The quantitative estimate of drug-likeness (QED) is 0.335. The van der Waals surface area contributed by atoms with Crippen LogP contribution in [0.15, 0.2) is 42.2 Å². The third-order valence-electron chi connectivity index (χ3n) is 4.77. The highest BCUT2D eigenvalue weighted by molar-refractivity contribution is 6.33. The van der Waals surface area contributed by atoms with Crippen LogP contribution in [-0.4, -0.2) is 36.1 Å². The number of aromatic amines is 2. The molecule has 3 N–H and O–H groups in total. The average molecular weight is 457 g/mol. The van der Waals surface area contributed by atoms with Crippen LogP contribution in [0.5, 0.6) is 0 Å². The largest absolute Gasteiger partial charge is 0.343 e. The molecule has 0 radical (unpaired) electrons. The third-order valence-corrected chi connectivity index (χ3v) is 5.06. The van der Waals surface area contributed by atoms with Gasteiger partial charge < -0.3 is 15.3 Å². The molecule has 5 heterocycles. The van der Waals surface area contributed by atoms with Crippen LogP contribution < -0.4 is 5.32 Å². The van der Waals surface area contributed by atoms with E-state index < -0.39 is 17.5 Å². The SMILES string of the molecule is Fc1c[nH]c2ncnc(Cl)c12.Fc1cc2c(cc1Nc1ncnc3[nH]cc(F)c13)C=NC2. The summed E-state index contributed by atoms with van der Waals surface area (Å²) in [5.74, 6) is -1.13. The Kier molecular flexibility index (Phi) is 4.94. The lowest BCUT2D eigenvalue weighted by Gasteiger charge is -2.09. The Labute approximate surface area is 182 Å². The van der Waals surface area contributed by atoms with E-state index in [0.29, 0.717) is 17.8 Å². The Hall–Kier alpha value is -3.99. The highest BCUT2D eigenvalue weighted by atomic mass is 35.5. The van der Waals surface area contributed by atoms with Gasteiger partial charge in [0.25, 0.3) is 0 Å². The molecular formula is C20H12ClF3N8. The van der Waals surface area contributed by atoms with Crippen LogP contribution in [-0.2, 0) is 6.54 Å². The van der Waals surface area contributed by atoms with Gasteiger partial charge in [0.1, 0.15) is 40.7 Å². The fourth-order valence-corrected chi connectivity index (χ4v) is 3.49. The maximum atomic E-state index is 14.1. The lowest BCUT2D eigenvalue weighted by atomic mass is 10.1. The van der Waals surface area contributed by atoms with E-state index in [1.165, 1.54) is 31.1 Å². The number of nitrogens with one attached hydrogen (secondary N) is 3. The molecule has 0 spiro atoms. The zero-order chi connectivity index (χ0) is 22.2. The molecule has 0 aliphatic carbocycles. The molecule has 6 rings (SSSR count). The van der Waals surface area contributed by atoms with Crippen LogP contribution in [0.2, 0.25) is 5.15 Å². The molecule has 0 bridgehead atoms. The van der Waals surface area contributed by atoms with Gasteiger partial charge in [0, 0.05) is 18.6 Å². The van der Waals surface area contributed by atoms with E-state index >= 15 is 0 Å². The molecule has 1 aromatic carbocycles. The normalized spacial score (nSPS) is 12.1. The van der Waals surface area contributed by atoms with Gasteiger partial charge in [-0.1, -0.05) is 11.6 Å². The van der Waals surface area contributed by atoms with E-state index in [1.807, 2.05) is 0 Å². The van der Waals surface area contributed by atoms with Crippen molar-refractivity contribution in [2.24, 2.45) is 4.99 Å². The van der Waals surface area contributed by atoms with E-state index in [4.69, 9.17) is 11.6 Å². The first-order valence-corrected chi connectivity index (χ1v) is 9.59. The van der Waals surface area contributed by atoms with Crippen LogP contribution in [0.25, 0.3) is 22.1 Å². The lowest BCUT2D eigenvalue weighted by molar-refractivity contribution is 0.629. The number of hydrogen-bond acceptors (Lipinski definition) is 6. The Morgan fingerprint density at radius 1 is 0.844 bits per heavy atom. The standard InChI is InChI=1S/C14H9F2N5.C6H3ClFN3/c15-9-1-7-3-17-4-8(7)2-11(9)21-14-12-10(16)5-18-13(12)19-6-20-14;7-5-4-3(8)1-9-6(4)11-2-10-5/h1-2,4-6H,3H2,(H2,18,19,20,21);1-2H,(H,9,10,11). The summed E-state index contributed by atoms with van der Waals surface area (Å²) in [6.07, 6.45) is 6.64. The second-order valence-corrected chi connectivity index (χ2v) is 7.09. The number of aliphatic imine (C=N–C) groups is 1. The number of H-pyrrole nitrogens is 2. The Balaban J connectivity index is 0.000000165. The van der Waals surface area contributed by atoms with Crippen molar-refractivity contribution in [3.05, 3.63) is 70.9 Å². The number of aromatic nitrogens is 6. The maximum Gasteiger partial charge on any atom is 0.153 e. The van der Waals surface area contributed by atoms with Gasteiger partial charge in [-0.2, -0.15) is 0 Å². The molecule has 0 atom stereocenters. The molecule has 0 saturated carbocycles. The van der Waals surface area contributed by atoms with Gasteiger partial charge in [0.05, 0.1) is 23.0 Å². The van der Waals surface area contributed by atoms with Gasteiger partial charge >= 0.3 is 0 Å². The fourth-order valence-electron chi connectivity index (χ4n) is 3.26. The van der Waals surface area contributed by atoms with Crippen molar-refractivity contribution in [1.82, 2.24) is 29.9 Å². The molecule has 12 heteroatoms. The molecule has 0 fully saturated rings. The summed E-state index contributed by atoms with van der Waals surface area (Å²) in [6, 6.07) is 3.07. The van der Waals surface area contributed by atoms with Crippen LogP contribution in [0.3, 0.4) is 0 Å². The van der Waals surface area contributed by atoms with Crippen molar-refractivity contribution in [3.8, 4) is 0 Å². The van der Waals surface area contributed by atoms with Gasteiger partial charge in [-0.3, -0.25) is 4.99 Å². The van der Waals surface area contributed by atoms with Gasteiger partial charge in [-0.15, -0.1) is 0 Å². The Bertz CT molecular complexity index is 1490. The van der Waals surface area contributed by atoms with Gasteiger partial charge in [0.15, 0.2) is 11.6 Å². The summed E-state index contributed by atoms with van der Waals surface area (Å²) in [4.78, 5) is 24.7. The van der Waals surface area contributed by atoms with Crippen molar-refractivity contribution in [2.75, 3.05) is 5.32 Å². The fraction of sp³-hybridized carbons (Fsp3) is 0.0500. The number of halogens is 4. The molecule has 1 aliphatic heterocycles. The molecular weight excluding hydrogens is 445 g/mol. The number of benzene rings is 1. The van der Waals surface area contributed by atoms with Crippen molar-refractivity contribution in [1.29, 1.82) is 0 Å². The van der Waals surface area contributed by atoms with E-state index in [9.17, 15) is 13.2 Å². The van der Waals surface area contributed by atoms with E-state index in [0.717, 1.165) is 11.1 Å². The minimum Gasteiger partial charge on any atom is -0.343 e. The van der Waals surface area contributed by atoms with Crippen LogP contribution >= 0.6 is 11.6 Å². The Morgan fingerprint density at radius 2 is 1.53 bits per heavy atom. The number of rotatable bonds is 2. The predicted molar refractivity (Wildman–Crippen MR) is 114 cm³/mol. The second-order valence-electron chi connectivity index (χ2n) is 6.73. The van der Waals surface area contributed by atoms with Crippen LogP contribution in [0.4, 0.5) is 24.7 Å². The first-order chi connectivity index (χ1) is 15.5. The second kappa shape index (κ2) is 7.93. The average Bonchev–Trinajstić information content (AvgIpc) is 3.49. The van der Waals surface area contributed by atoms with E-state index in [1.54, 1.807) is 12.3 Å². The first-order valence-electron chi connectivity index (χ1n) is 9.21. The summed E-state index contributed by atoms with van der Waals surface area (Å²) >= 11 is 5.59. The number of nitrogens with zero attached hydrogens (tertiary/aromatic N) is 5. The molecule has 5 aromatic rings. The van der Waals surface area contributed by atoms with Gasteiger partial charge in [-0.05, 0) is 23.3 Å². The highest BCUT2D eigenvalue weighted by Crippen LogP contribution is 2.29. The minimum absolute atomic E-state index is 0.133. The number of hydrogen-bond donors (Lipinski definition) is 3. The number of fused-ring (bicyclic) bond motifs is 3. The third kappa shape index (κ3) is 3.52. The molecule has 8 nitrogen and oxygen atoms in total. The van der Waals surface area contributed by atoms with Crippen molar-refractivity contribution in [2.45, 2.75) is 6.54 Å². The predicted octanol–water partition coefficient (Wildman–Crippen LogP) is 4.66. The summed E-state index contributed by atoms with van der Waals surface area (Å²) < 4.78 is 40.7.